The van der Waals surface area contributed by atoms with Gasteiger partial charge in [-0.05, 0) is 38.3 Å². The molecule has 1 rings (SSSR count). The lowest BCUT2D eigenvalue weighted by molar-refractivity contribution is -0.133. The topological polar surface area (TPSA) is 41.1 Å². The molecule has 3 heteroatoms. The Bertz CT molecular complexity index is 208. The van der Waals surface area contributed by atoms with Crippen LogP contribution in [-0.2, 0) is 4.79 Å². The van der Waals surface area contributed by atoms with E-state index in [0.29, 0.717) is 5.92 Å². The van der Waals surface area contributed by atoms with Crippen molar-refractivity contribution in [1.82, 2.24) is 10.6 Å². The maximum atomic E-state index is 12.1. The van der Waals surface area contributed by atoms with Gasteiger partial charge in [0.15, 0.2) is 0 Å². The molecular weight excluding hydrogens is 188 g/mol. The highest BCUT2D eigenvalue weighted by atomic mass is 16.2. The van der Waals surface area contributed by atoms with Gasteiger partial charge in [-0.3, -0.25) is 4.79 Å². The number of hydrogen-bond donors (Lipinski definition) is 2. The van der Waals surface area contributed by atoms with Crippen LogP contribution in [0.25, 0.3) is 0 Å². The summed E-state index contributed by atoms with van der Waals surface area (Å²) < 4.78 is 0. The van der Waals surface area contributed by atoms with Gasteiger partial charge in [0.25, 0.3) is 0 Å². The van der Waals surface area contributed by atoms with E-state index < -0.39 is 0 Å². The van der Waals surface area contributed by atoms with Crippen LogP contribution in [0, 0.1) is 11.3 Å². The van der Waals surface area contributed by atoms with E-state index in [4.69, 9.17) is 0 Å². The fourth-order valence-corrected chi connectivity index (χ4v) is 2.13. The molecule has 1 fully saturated rings. The van der Waals surface area contributed by atoms with E-state index in [1.54, 1.807) is 0 Å². The molecule has 1 saturated heterocycles. The predicted molar refractivity (Wildman–Crippen MR) is 62.7 cm³/mol. The van der Waals surface area contributed by atoms with E-state index in [2.05, 4.69) is 31.4 Å². The zero-order chi connectivity index (χ0) is 11.3. The Hall–Kier alpha value is -0.570. The van der Waals surface area contributed by atoms with Crippen LogP contribution < -0.4 is 10.6 Å². The van der Waals surface area contributed by atoms with Gasteiger partial charge in [0.05, 0.1) is 5.41 Å². The summed E-state index contributed by atoms with van der Waals surface area (Å²) in [7, 11) is 0. The normalized spacial score (nSPS) is 20.3. The summed E-state index contributed by atoms with van der Waals surface area (Å²) in [6.07, 6.45) is 2.92. The third-order valence-electron chi connectivity index (χ3n) is 3.39. The van der Waals surface area contributed by atoms with E-state index in [0.717, 1.165) is 38.9 Å². The zero-order valence-electron chi connectivity index (χ0n) is 10.2. The maximum Gasteiger partial charge on any atom is 0.226 e. The molecule has 0 bridgehead atoms. The van der Waals surface area contributed by atoms with Gasteiger partial charge in [0, 0.05) is 6.54 Å². The molecule has 0 spiro atoms. The second kappa shape index (κ2) is 5.50. The van der Waals surface area contributed by atoms with E-state index >= 15 is 0 Å². The molecule has 0 aromatic heterocycles. The molecule has 3 nitrogen and oxygen atoms in total. The van der Waals surface area contributed by atoms with E-state index in [-0.39, 0.29) is 11.3 Å². The second-order valence-corrected chi connectivity index (χ2v) is 4.99. The van der Waals surface area contributed by atoms with Crippen LogP contribution in [0.1, 0.15) is 40.0 Å². The average Bonchev–Trinajstić information content (AvgIpc) is 2.26. The van der Waals surface area contributed by atoms with E-state index in [1.807, 2.05) is 0 Å². The molecule has 1 heterocycles. The van der Waals surface area contributed by atoms with Crippen molar-refractivity contribution in [3.8, 4) is 0 Å². The standard InChI is InChI=1S/C12H24N2O/c1-4-12(5-7-13-8-6-12)11(15)14-9-10(2)3/h10,13H,4-9H2,1-3H3,(H,14,15). The Morgan fingerprint density at radius 2 is 2.00 bits per heavy atom. The largest absolute Gasteiger partial charge is 0.355 e. The molecule has 1 amide bonds. The van der Waals surface area contributed by atoms with Gasteiger partial charge in [-0.2, -0.15) is 0 Å². The van der Waals surface area contributed by atoms with Crippen LogP contribution in [-0.4, -0.2) is 25.5 Å². The van der Waals surface area contributed by atoms with Crippen molar-refractivity contribution in [3.05, 3.63) is 0 Å². The Morgan fingerprint density at radius 3 is 2.47 bits per heavy atom. The SMILES string of the molecule is CCC1(C(=O)NCC(C)C)CCNCC1. The van der Waals surface area contributed by atoms with Gasteiger partial charge in [-0.15, -0.1) is 0 Å². The smallest absolute Gasteiger partial charge is 0.226 e. The molecule has 0 aromatic carbocycles. The highest BCUT2D eigenvalue weighted by molar-refractivity contribution is 5.82. The highest BCUT2D eigenvalue weighted by Gasteiger charge is 2.37. The number of piperidine rings is 1. The van der Waals surface area contributed by atoms with Crippen molar-refractivity contribution >= 4 is 5.91 Å². The molecule has 88 valence electrons. The lowest BCUT2D eigenvalue weighted by Crippen LogP contribution is -2.48. The first-order valence-corrected chi connectivity index (χ1v) is 6.10. The summed E-state index contributed by atoms with van der Waals surface area (Å²) in [5.74, 6) is 0.796. The van der Waals surface area contributed by atoms with Crippen molar-refractivity contribution in [1.29, 1.82) is 0 Å². The maximum absolute atomic E-state index is 12.1. The minimum atomic E-state index is -0.0971. The van der Waals surface area contributed by atoms with Crippen LogP contribution in [0.3, 0.4) is 0 Å². The van der Waals surface area contributed by atoms with Gasteiger partial charge in [-0.25, -0.2) is 0 Å². The van der Waals surface area contributed by atoms with Gasteiger partial charge >= 0.3 is 0 Å². The molecule has 1 aliphatic rings. The average molecular weight is 212 g/mol. The van der Waals surface area contributed by atoms with Crippen LogP contribution >= 0.6 is 0 Å². The minimum Gasteiger partial charge on any atom is -0.355 e. The molecule has 0 aliphatic carbocycles. The molecular formula is C12H24N2O. The number of nitrogens with one attached hydrogen (secondary N) is 2. The molecule has 0 unspecified atom stereocenters. The lowest BCUT2D eigenvalue weighted by atomic mass is 9.76. The lowest BCUT2D eigenvalue weighted by Gasteiger charge is -2.35. The number of amides is 1. The van der Waals surface area contributed by atoms with Gasteiger partial charge < -0.3 is 10.6 Å². The van der Waals surface area contributed by atoms with Crippen molar-refractivity contribution in [2.75, 3.05) is 19.6 Å². The van der Waals surface area contributed by atoms with Crippen molar-refractivity contribution in [2.45, 2.75) is 40.0 Å². The molecule has 0 saturated carbocycles. The molecule has 0 radical (unpaired) electrons. The Labute approximate surface area is 93.0 Å². The van der Waals surface area contributed by atoms with Gasteiger partial charge in [0.1, 0.15) is 0 Å². The van der Waals surface area contributed by atoms with Crippen LogP contribution in [0.15, 0.2) is 0 Å². The Balaban J connectivity index is 2.52. The fraction of sp³-hybridized carbons (Fsp3) is 0.917. The quantitative estimate of drug-likeness (QED) is 0.742. The van der Waals surface area contributed by atoms with E-state index in [1.165, 1.54) is 0 Å². The number of rotatable bonds is 4. The molecule has 15 heavy (non-hydrogen) atoms. The second-order valence-electron chi connectivity index (χ2n) is 4.99. The summed E-state index contributed by atoms with van der Waals surface area (Å²) in [6, 6.07) is 0. The minimum absolute atomic E-state index is 0.0971. The predicted octanol–water partition coefficient (Wildman–Crippen LogP) is 1.54. The third kappa shape index (κ3) is 3.20. The summed E-state index contributed by atoms with van der Waals surface area (Å²) in [5.41, 5.74) is -0.0971. The van der Waals surface area contributed by atoms with Crippen LogP contribution in [0.2, 0.25) is 0 Å². The van der Waals surface area contributed by atoms with Crippen molar-refractivity contribution in [3.63, 3.8) is 0 Å². The summed E-state index contributed by atoms with van der Waals surface area (Å²) in [4.78, 5) is 12.1. The highest BCUT2D eigenvalue weighted by Crippen LogP contribution is 2.32. The fourth-order valence-electron chi connectivity index (χ4n) is 2.13. The summed E-state index contributed by atoms with van der Waals surface area (Å²) in [5, 5.41) is 6.39. The monoisotopic (exact) mass is 212 g/mol. The van der Waals surface area contributed by atoms with Gasteiger partial charge in [-0.1, -0.05) is 20.8 Å². The molecule has 2 N–H and O–H groups in total. The first kappa shape index (κ1) is 12.5. The number of hydrogen-bond acceptors (Lipinski definition) is 2. The van der Waals surface area contributed by atoms with Crippen LogP contribution in [0.5, 0.6) is 0 Å². The first-order chi connectivity index (χ1) is 7.10. The first-order valence-electron chi connectivity index (χ1n) is 6.10. The van der Waals surface area contributed by atoms with Crippen molar-refractivity contribution in [2.24, 2.45) is 11.3 Å². The van der Waals surface area contributed by atoms with E-state index in [9.17, 15) is 4.79 Å². The number of carbonyl (C=O) groups excluding carboxylic acids is 1. The van der Waals surface area contributed by atoms with Crippen molar-refractivity contribution < 1.29 is 4.79 Å². The zero-order valence-corrected chi connectivity index (χ0v) is 10.2. The Morgan fingerprint density at radius 1 is 1.40 bits per heavy atom. The summed E-state index contributed by atoms with van der Waals surface area (Å²) in [6.45, 7) is 9.13. The molecule has 0 atom stereocenters. The number of carbonyl (C=O) groups is 1. The summed E-state index contributed by atoms with van der Waals surface area (Å²) >= 11 is 0. The molecule has 1 aliphatic heterocycles. The third-order valence-corrected chi connectivity index (χ3v) is 3.39. The molecule has 0 aromatic rings. The van der Waals surface area contributed by atoms with Crippen LogP contribution in [0.4, 0.5) is 0 Å². The Kier molecular flexibility index (Phi) is 4.58. The van der Waals surface area contributed by atoms with Gasteiger partial charge in [0.2, 0.25) is 5.91 Å².